The van der Waals surface area contributed by atoms with Crippen LogP contribution in [0.3, 0.4) is 0 Å². The standard InChI is InChI=1S/C11H14N2O/c1-7(12)11(14)10-6-13-5-4-9(10)8-2-3-8/h4-8H,2-3,12H2,1H3. The molecule has 0 radical (unpaired) electrons. The summed E-state index contributed by atoms with van der Waals surface area (Å²) in [6.45, 7) is 1.71. The monoisotopic (exact) mass is 190 g/mol. The van der Waals surface area contributed by atoms with Gasteiger partial charge in [0.1, 0.15) is 0 Å². The molecule has 0 aliphatic heterocycles. The third kappa shape index (κ3) is 1.68. The molecule has 3 heteroatoms. The fourth-order valence-corrected chi connectivity index (χ4v) is 1.61. The molecule has 0 spiro atoms. The van der Waals surface area contributed by atoms with E-state index in [1.54, 1.807) is 19.3 Å². The molecular formula is C11H14N2O. The van der Waals surface area contributed by atoms with Gasteiger partial charge in [-0.2, -0.15) is 0 Å². The van der Waals surface area contributed by atoms with E-state index >= 15 is 0 Å². The van der Waals surface area contributed by atoms with Crippen LogP contribution in [0.5, 0.6) is 0 Å². The predicted octanol–water partition coefficient (Wildman–Crippen LogP) is 1.49. The molecule has 1 aliphatic carbocycles. The third-order valence-corrected chi connectivity index (χ3v) is 2.55. The first-order valence-electron chi connectivity index (χ1n) is 4.94. The number of rotatable bonds is 3. The van der Waals surface area contributed by atoms with Crippen LogP contribution < -0.4 is 5.73 Å². The van der Waals surface area contributed by atoms with Crippen molar-refractivity contribution < 1.29 is 4.79 Å². The largest absolute Gasteiger partial charge is 0.321 e. The van der Waals surface area contributed by atoms with Crippen molar-refractivity contribution >= 4 is 5.78 Å². The van der Waals surface area contributed by atoms with Crippen LogP contribution in [-0.4, -0.2) is 16.8 Å². The molecule has 14 heavy (non-hydrogen) atoms. The molecular weight excluding hydrogens is 176 g/mol. The zero-order valence-electron chi connectivity index (χ0n) is 8.23. The van der Waals surface area contributed by atoms with E-state index in [2.05, 4.69) is 4.98 Å². The van der Waals surface area contributed by atoms with E-state index in [4.69, 9.17) is 5.73 Å². The molecule has 2 N–H and O–H groups in total. The van der Waals surface area contributed by atoms with Crippen LogP contribution >= 0.6 is 0 Å². The van der Waals surface area contributed by atoms with E-state index in [1.165, 1.54) is 12.8 Å². The minimum atomic E-state index is -0.434. The third-order valence-electron chi connectivity index (χ3n) is 2.55. The lowest BCUT2D eigenvalue weighted by Gasteiger charge is -2.08. The quantitative estimate of drug-likeness (QED) is 0.735. The van der Waals surface area contributed by atoms with Crippen molar-refractivity contribution in [1.29, 1.82) is 0 Å². The first-order chi connectivity index (χ1) is 6.70. The molecule has 1 aromatic heterocycles. The maximum atomic E-state index is 11.7. The highest BCUT2D eigenvalue weighted by Gasteiger charge is 2.28. The van der Waals surface area contributed by atoms with E-state index in [9.17, 15) is 4.79 Å². The van der Waals surface area contributed by atoms with Gasteiger partial charge in [-0.05, 0) is 37.3 Å². The maximum absolute atomic E-state index is 11.7. The van der Waals surface area contributed by atoms with Gasteiger partial charge >= 0.3 is 0 Å². The highest BCUT2D eigenvalue weighted by molar-refractivity contribution is 6.00. The van der Waals surface area contributed by atoms with E-state index in [-0.39, 0.29) is 5.78 Å². The molecule has 1 atom stereocenters. The number of ketones is 1. The van der Waals surface area contributed by atoms with E-state index in [0.717, 1.165) is 5.56 Å². The van der Waals surface area contributed by atoms with Crippen molar-refractivity contribution in [2.24, 2.45) is 5.73 Å². The normalized spacial score (nSPS) is 17.9. The van der Waals surface area contributed by atoms with Crippen LogP contribution in [-0.2, 0) is 0 Å². The summed E-state index contributed by atoms with van der Waals surface area (Å²) in [5, 5.41) is 0. The van der Waals surface area contributed by atoms with Gasteiger partial charge in [0.05, 0.1) is 6.04 Å². The predicted molar refractivity (Wildman–Crippen MR) is 54.2 cm³/mol. The molecule has 3 nitrogen and oxygen atoms in total. The summed E-state index contributed by atoms with van der Waals surface area (Å²) in [5.41, 5.74) is 7.42. The molecule has 0 bridgehead atoms. The number of nitrogens with zero attached hydrogens (tertiary/aromatic N) is 1. The van der Waals surface area contributed by atoms with Gasteiger partial charge in [0.2, 0.25) is 0 Å². The first kappa shape index (κ1) is 9.34. The zero-order valence-corrected chi connectivity index (χ0v) is 8.23. The summed E-state index contributed by atoms with van der Waals surface area (Å²) in [6, 6.07) is 1.50. The van der Waals surface area contributed by atoms with Crippen molar-refractivity contribution in [3.05, 3.63) is 29.6 Å². The lowest BCUT2D eigenvalue weighted by molar-refractivity contribution is 0.0966. The average molecular weight is 190 g/mol. The van der Waals surface area contributed by atoms with E-state index in [1.807, 2.05) is 6.07 Å². The second-order valence-corrected chi connectivity index (χ2v) is 3.89. The van der Waals surface area contributed by atoms with Crippen LogP contribution in [0.1, 0.15) is 41.6 Å². The fourth-order valence-electron chi connectivity index (χ4n) is 1.61. The molecule has 2 rings (SSSR count). The van der Waals surface area contributed by atoms with Gasteiger partial charge in [-0.3, -0.25) is 9.78 Å². The van der Waals surface area contributed by atoms with Crippen molar-refractivity contribution in [2.75, 3.05) is 0 Å². The molecule has 74 valence electrons. The minimum Gasteiger partial charge on any atom is -0.321 e. The molecule has 1 aliphatic rings. The van der Waals surface area contributed by atoms with Gasteiger partial charge in [-0.25, -0.2) is 0 Å². The van der Waals surface area contributed by atoms with Crippen LogP contribution in [0, 0.1) is 0 Å². The number of aromatic nitrogens is 1. The number of carbonyl (C=O) groups is 1. The Kier molecular flexibility index (Phi) is 2.33. The molecule has 1 saturated carbocycles. The van der Waals surface area contributed by atoms with Crippen molar-refractivity contribution in [3.63, 3.8) is 0 Å². The number of Topliss-reactive ketones (excluding diaryl/α,β-unsaturated/α-hetero) is 1. The molecule has 1 unspecified atom stereocenters. The van der Waals surface area contributed by atoms with Gasteiger partial charge in [0.25, 0.3) is 0 Å². The Balaban J connectivity index is 2.36. The van der Waals surface area contributed by atoms with Gasteiger partial charge in [0.15, 0.2) is 5.78 Å². The number of carbonyl (C=O) groups excluding carboxylic acids is 1. The summed E-state index contributed by atoms with van der Waals surface area (Å²) in [6.07, 6.45) is 5.75. The minimum absolute atomic E-state index is 0. The number of nitrogens with two attached hydrogens (primary N) is 1. The summed E-state index contributed by atoms with van der Waals surface area (Å²) < 4.78 is 0. The van der Waals surface area contributed by atoms with Gasteiger partial charge in [0, 0.05) is 18.0 Å². The molecule has 1 heterocycles. The Hall–Kier alpha value is -1.22. The fraction of sp³-hybridized carbons (Fsp3) is 0.455. The Bertz CT molecular complexity index is 356. The van der Waals surface area contributed by atoms with E-state index in [0.29, 0.717) is 11.5 Å². The van der Waals surface area contributed by atoms with Crippen LogP contribution in [0.2, 0.25) is 0 Å². The Morgan fingerprint density at radius 2 is 2.36 bits per heavy atom. The second kappa shape index (κ2) is 3.50. The Labute approximate surface area is 83.3 Å². The highest BCUT2D eigenvalue weighted by Crippen LogP contribution is 2.41. The lowest BCUT2D eigenvalue weighted by atomic mass is 9.99. The second-order valence-electron chi connectivity index (χ2n) is 3.89. The SMILES string of the molecule is CC(N)C(=O)c1cnccc1C1CC1. The van der Waals surface area contributed by atoms with Crippen molar-refractivity contribution in [1.82, 2.24) is 4.98 Å². The molecule has 0 amide bonds. The van der Waals surface area contributed by atoms with E-state index < -0.39 is 6.04 Å². The van der Waals surface area contributed by atoms with Gasteiger partial charge < -0.3 is 5.73 Å². The van der Waals surface area contributed by atoms with Crippen molar-refractivity contribution in [3.8, 4) is 0 Å². The zero-order chi connectivity index (χ0) is 10.1. The maximum Gasteiger partial charge on any atom is 0.181 e. The summed E-state index contributed by atoms with van der Waals surface area (Å²) >= 11 is 0. The van der Waals surface area contributed by atoms with Crippen LogP contribution in [0.25, 0.3) is 0 Å². The molecule has 0 aromatic carbocycles. The Morgan fingerprint density at radius 3 is 2.93 bits per heavy atom. The average Bonchev–Trinajstić information content (AvgIpc) is 3.00. The summed E-state index contributed by atoms with van der Waals surface area (Å²) in [5.74, 6) is 0.565. The Morgan fingerprint density at radius 1 is 1.64 bits per heavy atom. The number of hydrogen-bond acceptors (Lipinski definition) is 3. The molecule has 1 fully saturated rings. The highest BCUT2D eigenvalue weighted by atomic mass is 16.1. The van der Waals surface area contributed by atoms with Gasteiger partial charge in [-0.1, -0.05) is 0 Å². The number of pyridine rings is 1. The first-order valence-corrected chi connectivity index (χ1v) is 4.94. The van der Waals surface area contributed by atoms with Crippen LogP contribution in [0.15, 0.2) is 18.5 Å². The molecule has 0 saturated heterocycles. The van der Waals surface area contributed by atoms with Gasteiger partial charge in [-0.15, -0.1) is 0 Å². The topological polar surface area (TPSA) is 56.0 Å². The lowest BCUT2D eigenvalue weighted by Crippen LogP contribution is -2.27. The smallest absolute Gasteiger partial charge is 0.181 e. The molecule has 1 aromatic rings. The van der Waals surface area contributed by atoms with Crippen LogP contribution in [0.4, 0.5) is 0 Å². The summed E-state index contributed by atoms with van der Waals surface area (Å²) in [7, 11) is 0. The summed E-state index contributed by atoms with van der Waals surface area (Å²) in [4.78, 5) is 15.7. The van der Waals surface area contributed by atoms with Crippen molar-refractivity contribution in [2.45, 2.75) is 31.7 Å². The number of hydrogen-bond donors (Lipinski definition) is 1.